The molecule has 0 aromatic carbocycles. The minimum atomic E-state index is -0.678. The van der Waals surface area contributed by atoms with Crippen molar-refractivity contribution in [2.45, 2.75) is 32.3 Å². The summed E-state index contributed by atoms with van der Waals surface area (Å²) in [5, 5.41) is 17.2. The van der Waals surface area contributed by atoms with Gasteiger partial charge in [-0.2, -0.15) is 5.26 Å². The molecule has 64 valence electrons. The Hall–Kier alpha value is -0.590. The molecule has 0 spiro atoms. The highest BCUT2D eigenvalue weighted by atomic mass is 16.5. The summed E-state index contributed by atoms with van der Waals surface area (Å²) in [6.45, 7) is 4.03. The van der Waals surface area contributed by atoms with Crippen LogP contribution in [0.25, 0.3) is 0 Å². The Morgan fingerprint density at radius 1 is 1.45 bits per heavy atom. The van der Waals surface area contributed by atoms with Gasteiger partial charge < -0.3 is 9.84 Å². The topological polar surface area (TPSA) is 53.2 Å². The predicted octanol–water partition coefficient (Wildman–Crippen LogP) is 1.08. The molecule has 0 amide bonds. The summed E-state index contributed by atoms with van der Waals surface area (Å²) in [5.41, 5.74) is -0.678. The number of ether oxygens (including phenoxy) is 1. The van der Waals surface area contributed by atoms with Crippen LogP contribution in [-0.4, -0.2) is 23.9 Å². The van der Waals surface area contributed by atoms with Gasteiger partial charge in [0.15, 0.2) is 5.60 Å². The van der Waals surface area contributed by atoms with E-state index in [1.54, 1.807) is 0 Å². The second kappa shape index (κ2) is 5.11. The Bertz CT molecular complexity index is 136. The molecular formula is C8H15NO2. The third-order valence-electron chi connectivity index (χ3n) is 1.82. The third-order valence-corrected chi connectivity index (χ3v) is 1.82. The van der Waals surface area contributed by atoms with E-state index in [1.807, 2.05) is 13.8 Å². The monoisotopic (exact) mass is 157 g/mol. The van der Waals surface area contributed by atoms with E-state index in [-0.39, 0.29) is 13.2 Å². The van der Waals surface area contributed by atoms with Crippen molar-refractivity contribution in [3.63, 3.8) is 0 Å². The van der Waals surface area contributed by atoms with E-state index in [2.05, 4.69) is 6.07 Å². The van der Waals surface area contributed by atoms with Crippen molar-refractivity contribution in [1.29, 1.82) is 5.26 Å². The highest BCUT2D eigenvalue weighted by Crippen LogP contribution is 2.18. The van der Waals surface area contributed by atoms with Crippen LogP contribution >= 0.6 is 0 Å². The fourth-order valence-corrected chi connectivity index (χ4v) is 0.886. The molecule has 1 N–H and O–H groups in total. The van der Waals surface area contributed by atoms with Gasteiger partial charge in [0, 0.05) is 0 Å². The van der Waals surface area contributed by atoms with Crippen molar-refractivity contribution < 1.29 is 9.84 Å². The van der Waals surface area contributed by atoms with Crippen molar-refractivity contribution in [2.24, 2.45) is 0 Å². The molecule has 11 heavy (non-hydrogen) atoms. The minimum Gasteiger partial charge on any atom is -0.394 e. The fraction of sp³-hybridized carbons (Fsp3) is 0.875. The van der Waals surface area contributed by atoms with Crippen LogP contribution in [0.4, 0.5) is 0 Å². The van der Waals surface area contributed by atoms with E-state index < -0.39 is 5.60 Å². The quantitative estimate of drug-likeness (QED) is 0.649. The van der Waals surface area contributed by atoms with Crippen molar-refractivity contribution in [3.8, 4) is 6.07 Å². The van der Waals surface area contributed by atoms with Crippen LogP contribution in [0, 0.1) is 11.3 Å². The average Bonchev–Trinajstić information content (AvgIpc) is 2.08. The summed E-state index contributed by atoms with van der Waals surface area (Å²) in [6.07, 6.45) is 1.33. The van der Waals surface area contributed by atoms with Gasteiger partial charge in [0.25, 0.3) is 0 Å². The number of aliphatic hydroxyl groups is 1. The average molecular weight is 157 g/mol. The lowest BCUT2D eigenvalue weighted by Crippen LogP contribution is -2.30. The zero-order valence-corrected chi connectivity index (χ0v) is 7.13. The molecule has 0 radical (unpaired) electrons. The molecule has 0 rings (SSSR count). The molecule has 3 nitrogen and oxygen atoms in total. The summed E-state index contributed by atoms with van der Waals surface area (Å²) >= 11 is 0. The zero-order valence-electron chi connectivity index (χ0n) is 7.13. The Kier molecular flexibility index (Phi) is 4.84. The predicted molar refractivity (Wildman–Crippen MR) is 42.0 cm³/mol. The van der Waals surface area contributed by atoms with Crippen molar-refractivity contribution in [2.75, 3.05) is 13.2 Å². The smallest absolute Gasteiger partial charge is 0.153 e. The van der Waals surface area contributed by atoms with Crippen LogP contribution in [-0.2, 0) is 4.74 Å². The fourth-order valence-electron chi connectivity index (χ4n) is 0.886. The molecule has 0 aromatic rings. The van der Waals surface area contributed by atoms with Crippen molar-refractivity contribution >= 4 is 0 Å². The highest BCUT2D eigenvalue weighted by Gasteiger charge is 2.25. The molecule has 3 heteroatoms. The van der Waals surface area contributed by atoms with Gasteiger partial charge in [-0.05, 0) is 12.8 Å². The molecular weight excluding hydrogens is 142 g/mol. The lowest BCUT2D eigenvalue weighted by Gasteiger charge is -2.23. The molecule has 0 unspecified atom stereocenters. The molecule has 0 saturated heterocycles. The number of hydrogen-bond donors (Lipinski definition) is 1. The van der Waals surface area contributed by atoms with Crippen LogP contribution in [0.1, 0.15) is 26.7 Å². The largest absolute Gasteiger partial charge is 0.394 e. The molecule has 0 aliphatic heterocycles. The molecule has 0 aliphatic rings. The SMILES string of the molecule is CCC(C#N)(CC)OCCO. The number of aliphatic hydroxyl groups excluding tert-OH is 1. The Balaban J connectivity index is 3.97. The maximum atomic E-state index is 8.75. The Morgan fingerprint density at radius 2 is 2.00 bits per heavy atom. The van der Waals surface area contributed by atoms with E-state index >= 15 is 0 Å². The molecule has 0 heterocycles. The first-order valence-corrected chi connectivity index (χ1v) is 3.90. The Morgan fingerprint density at radius 3 is 2.27 bits per heavy atom. The van der Waals surface area contributed by atoms with Gasteiger partial charge in [0.05, 0.1) is 19.3 Å². The minimum absolute atomic E-state index is 0.0244. The first kappa shape index (κ1) is 10.4. The molecule has 0 atom stereocenters. The van der Waals surface area contributed by atoms with Crippen LogP contribution < -0.4 is 0 Å². The first-order chi connectivity index (χ1) is 5.24. The zero-order chi connectivity index (χ0) is 8.74. The van der Waals surface area contributed by atoms with Gasteiger partial charge in [-0.3, -0.25) is 0 Å². The molecule has 0 aromatic heterocycles. The number of nitriles is 1. The summed E-state index contributed by atoms with van der Waals surface area (Å²) in [7, 11) is 0. The van der Waals surface area contributed by atoms with Gasteiger partial charge in [-0.15, -0.1) is 0 Å². The van der Waals surface area contributed by atoms with E-state index in [0.29, 0.717) is 12.8 Å². The Labute approximate surface area is 67.6 Å². The standard InChI is InChI=1S/C8H15NO2/c1-3-8(4-2,7-9)11-6-5-10/h10H,3-6H2,1-2H3. The van der Waals surface area contributed by atoms with E-state index in [0.717, 1.165) is 0 Å². The van der Waals surface area contributed by atoms with Crippen LogP contribution in [0.5, 0.6) is 0 Å². The summed E-state index contributed by atoms with van der Waals surface area (Å²) in [5.74, 6) is 0. The summed E-state index contributed by atoms with van der Waals surface area (Å²) in [6, 6.07) is 2.12. The van der Waals surface area contributed by atoms with Gasteiger partial charge in [0.2, 0.25) is 0 Å². The first-order valence-electron chi connectivity index (χ1n) is 3.90. The second-order valence-electron chi connectivity index (χ2n) is 2.39. The summed E-state index contributed by atoms with van der Waals surface area (Å²) < 4.78 is 5.22. The van der Waals surface area contributed by atoms with Gasteiger partial charge >= 0.3 is 0 Å². The molecule has 0 aliphatic carbocycles. The lowest BCUT2D eigenvalue weighted by molar-refractivity contribution is -0.0240. The van der Waals surface area contributed by atoms with E-state index in [9.17, 15) is 0 Å². The number of rotatable bonds is 5. The van der Waals surface area contributed by atoms with Crippen LogP contribution in [0.3, 0.4) is 0 Å². The van der Waals surface area contributed by atoms with Crippen molar-refractivity contribution in [3.05, 3.63) is 0 Å². The molecule has 0 fully saturated rings. The maximum absolute atomic E-state index is 8.75. The van der Waals surface area contributed by atoms with Crippen molar-refractivity contribution in [1.82, 2.24) is 0 Å². The summed E-state index contributed by atoms with van der Waals surface area (Å²) in [4.78, 5) is 0. The van der Waals surface area contributed by atoms with Gasteiger partial charge in [-0.25, -0.2) is 0 Å². The molecule has 0 bridgehead atoms. The van der Waals surface area contributed by atoms with Gasteiger partial charge in [-0.1, -0.05) is 13.8 Å². The second-order valence-corrected chi connectivity index (χ2v) is 2.39. The normalized spacial score (nSPS) is 11.1. The third kappa shape index (κ3) is 2.87. The van der Waals surface area contributed by atoms with E-state index in [1.165, 1.54) is 0 Å². The highest BCUT2D eigenvalue weighted by molar-refractivity contribution is 4.99. The lowest BCUT2D eigenvalue weighted by atomic mass is 9.99. The molecule has 0 saturated carbocycles. The van der Waals surface area contributed by atoms with Crippen LogP contribution in [0.2, 0.25) is 0 Å². The van der Waals surface area contributed by atoms with E-state index in [4.69, 9.17) is 15.1 Å². The maximum Gasteiger partial charge on any atom is 0.153 e. The van der Waals surface area contributed by atoms with Gasteiger partial charge in [0.1, 0.15) is 0 Å². The number of hydrogen-bond acceptors (Lipinski definition) is 3. The number of nitrogens with zero attached hydrogens (tertiary/aromatic N) is 1. The van der Waals surface area contributed by atoms with Crippen LogP contribution in [0.15, 0.2) is 0 Å².